The van der Waals surface area contributed by atoms with Crippen molar-refractivity contribution in [2.24, 2.45) is 0 Å². The van der Waals surface area contributed by atoms with Gasteiger partial charge in [-0.1, -0.05) is 0 Å². The predicted octanol–water partition coefficient (Wildman–Crippen LogP) is 2.28. The van der Waals surface area contributed by atoms with Crippen LogP contribution in [0, 0.1) is 15.9 Å². The first-order chi connectivity index (χ1) is 6.65. The Labute approximate surface area is 79.5 Å². The second-order valence-electron chi connectivity index (χ2n) is 3.22. The third-order valence-corrected chi connectivity index (χ3v) is 1.89. The molecular formula is C9H8FNO3. The van der Waals surface area contributed by atoms with E-state index in [4.69, 9.17) is 4.74 Å². The molecule has 74 valence electrons. The summed E-state index contributed by atoms with van der Waals surface area (Å²) in [4.78, 5) is 9.75. The van der Waals surface area contributed by atoms with Gasteiger partial charge < -0.3 is 4.74 Å². The van der Waals surface area contributed by atoms with E-state index in [0.717, 1.165) is 25.0 Å². The number of nitro groups is 1. The summed E-state index contributed by atoms with van der Waals surface area (Å²) in [6.45, 7) is 0. The fourth-order valence-electron chi connectivity index (χ4n) is 1.10. The van der Waals surface area contributed by atoms with Crippen molar-refractivity contribution < 1.29 is 14.1 Å². The fraction of sp³-hybridized carbons (Fsp3) is 0.333. The van der Waals surface area contributed by atoms with Gasteiger partial charge in [0.15, 0.2) is 0 Å². The number of nitro benzene ring substituents is 1. The van der Waals surface area contributed by atoms with Crippen LogP contribution in [0.15, 0.2) is 18.2 Å². The second kappa shape index (κ2) is 3.25. The van der Waals surface area contributed by atoms with E-state index in [-0.39, 0.29) is 17.5 Å². The van der Waals surface area contributed by atoms with Gasteiger partial charge in [-0.05, 0) is 12.8 Å². The van der Waals surface area contributed by atoms with Gasteiger partial charge in [0.1, 0.15) is 11.6 Å². The van der Waals surface area contributed by atoms with Crippen molar-refractivity contribution in [3.05, 3.63) is 34.1 Å². The first-order valence-corrected chi connectivity index (χ1v) is 4.27. The van der Waals surface area contributed by atoms with Crippen molar-refractivity contribution in [1.29, 1.82) is 0 Å². The van der Waals surface area contributed by atoms with Gasteiger partial charge in [0.05, 0.1) is 23.2 Å². The molecule has 0 atom stereocenters. The maximum absolute atomic E-state index is 12.9. The average Bonchev–Trinajstić information content (AvgIpc) is 2.87. The largest absolute Gasteiger partial charge is 0.490 e. The van der Waals surface area contributed by atoms with Crippen LogP contribution < -0.4 is 4.74 Å². The Morgan fingerprint density at radius 3 is 2.71 bits per heavy atom. The molecule has 1 aliphatic carbocycles. The molecule has 1 aromatic carbocycles. The molecule has 2 rings (SSSR count). The van der Waals surface area contributed by atoms with E-state index in [1.165, 1.54) is 6.07 Å². The normalized spacial score (nSPS) is 15.2. The Morgan fingerprint density at radius 2 is 2.14 bits per heavy atom. The van der Waals surface area contributed by atoms with Crippen LogP contribution in [0.2, 0.25) is 0 Å². The summed E-state index contributed by atoms with van der Waals surface area (Å²) < 4.78 is 18.1. The average molecular weight is 197 g/mol. The van der Waals surface area contributed by atoms with Crippen LogP contribution in [-0.2, 0) is 0 Å². The molecule has 1 saturated carbocycles. The predicted molar refractivity (Wildman–Crippen MR) is 46.7 cm³/mol. The Morgan fingerprint density at radius 1 is 1.43 bits per heavy atom. The third kappa shape index (κ3) is 1.99. The topological polar surface area (TPSA) is 52.4 Å². The molecule has 0 bridgehead atoms. The second-order valence-corrected chi connectivity index (χ2v) is 3.22. The smallest absolute Gasteiger partial charge is 0.276 e. The standard InChI is InChI=1S/C9H8FNO3/c10-6-3-7(11(12)13)5-9(4-6)14-8-1-2-8/h3-5,8H,1-2H2. The summed E-state index contributed by atoms with van der Waals surface area (Å²) in [6, 6.07) is 3.27. The number of hydrogen-bond acceptors (Lipinski definition) is 3. The van der Waals surface area contributed by atoms with Crippen LogP contribution in [0.5, 0.6) is 5.75 Å². The lowest BCUT2D eigenvalue weighted by atomic mass is 10.3. The molecule has 0 aromatic heterocycles. The summed E-state index contributed by atoms with van der Waals surface area (Å²) in [5.74, 6) is -0.408. The monoisotopic (exact) mass is 197 g/mol. The highest BCUT2D eigenvalue weighted by Crippen LogP contribution is 2.29. The van der Waals surface area contributed by atoms with E-state index in [0.29, 0.717) is 0 Å². The number of benzene rings is 1. The lowest BCUT2D eigenvalue weighted by Crippen LogP contribution is -1.97. The third-order valence-electron chi connectivity index (χ3n) is 1.89. The minimum Gasteiger partial charge on any atom is -0.490 e. The Kier molecular flexibility index (Phi) is 2.07. The van der Waals surface area contributed by atoms with Crippen LogP contribution in [0.1, 0.15) is 12.8 Å². The highest BCUT2D eigenvalue weighted by molar-refractivity contribution is 5.39. The first kappa shape index (κ1) is 8.93. The van der Waals surface area contributed by atoms with Crippen molar-refractivity contribution in [2.45, 2.75) is 18.9 Å². The summed E-state index contributed by atoms with van der Waals surface area (Å²) in [5, 5.41) is 10.4. The minimum atomic E-state index is -0.644. The summed E-state index contributed by atoms with van der Waals surface area (Å²) >= 11 is 0. The molecule has 0 aliphatic heterocycles. The number of ether oxygens (including phenoxy) is 1. The molecule has 0 N–H and O–H groups in total. The van der Waals surface area contributed by atoms with E-state index in [9.17, 15) is 14.5 Å². The van der Waals surface area contributed by atoms with Gasteiger partial charge in [-0.25, -0.2) is 4.39 Å². The van der Waals surface area contributed by atoms with Crippen molar-refractivity contribution in [2.75, 3.05) is 0 Å². The van der Waals surface area contributed by atoms with Crippen LogP contribution in [0.4, 0.5) is 10.1 Å². The minimum absolute atomic E-state index is 0.108. The van der Waals surface area contributed by atoms with Crippen LogP contribution in [0.25, 0.3) is 0 Å². The van der Waals surface area contributed by atoms with Gasteiger partial charge in [0, 0.05) is 6.07 Å². The maximum Gasteiger partial charge on any atom is 0.276 e. The summed E-state index contributed by atoms with van der Waals surface area (Å²) in [5.41, 5.74) is -0.277. The van der Waals surface area contributed by atoms with Crippen LogP contribution in [0.3, 0.4) is 0 Å². The van der Waals surface area contributed by atoms with Gasteiger partial charge in [-0.3, -0.25) is 10.1 Å². The van der Waals surface area contributed by atoms with Crippen LogP contribution in [-0.4, -0.2) is 11.0 Å². The maximum atomic E-state index is 12.9. The number of hydrogen-bond donors (Lipinski definition) is 0. The van der Waals surface area contributed by atoms with E-state index in [1.807, 2.05) is 0 Å². The lowest BCUT2D eigenvalue weighted by molar-refractivity contribution is -0.385. The molecule has 14 heavy (non-hydrogen) atoms. The lowest BCUT2D eigenvalue weighted by Gasteiger charge is -2.03. The molecule has 5 heteroatoms. The Hall–Kier alpha value is -1.65. The zero-order chi connectivity index (χ0) is 10.1. The highest BCUT2D eigenvalue weighted by Gasteiger charge is 2.24. The van der Waals surface area contributed by atoms with Gasteiger partial charge in [-0.15, -0.1) is 0 Å². The van der Waals surface area contributed by atoms with Crippen LogP contribution >= 0.6 is 0 Å². The van der Waals surface area contributed by atoms with Gasteiger partial charge in [0.2, 0.25) is 0 Å². The zero-order valence-electron chi connectivity index (χ0n) is 7.27. The van der Waals surface area contributed by atoms with Crippen molar-refractivity contribution in [1.82, 2.24) is 0 Å². The number of non-ortho nitro benzene ring substituents is 1. The SMILES string of the molecule is O=[N+]([O-])c1cc(F)cc(OC2CC2)c1. The van der Waals surface area contributed by atoms with E-state index < -0.39 is 10.7 Å². The van der Waals surface area contributed by atoms with E-state index >= 15 is 0 Å². The zero-order valence-corrected chi connectivity index (χ0v) is 7.27. The van der Waals surface area contributed by atoms with Crippen molar-refractivity contribution in [3.63, 3.8) is 0 Å². The molecule has 0 radical (unpaired) electrons. The molecule has 0 heterocycles. The van der Waals surface area contributed by atoms with E-state index in [2.05, 4.69) is 0 Å². The number of halogens is 1. The number of nitrogens with zero attached hydrogens (tertiary/aromatic N) is 1. The molecule has 0 amide bonds. The van der Waals surface area contributed by atoms with Crippen molar-refractivity contribution in [3.8, 4) is 5.75 Å². The Balaban J connectivity index is 2.25. The quantitative estimate of drug-likeness (QED) is 0.551. The van der Waals surface area contributed by atoms with Gasteiger partial charge in [-0.2, -0.15) is 0 Å². The fourth-order valence-corrected chi connectivity index (χ4v) is 1.10. The molecule has 1 aliphatic rings. The molecule has 0 unspecified atom stereocenters. The molecule has 0 spiro atoms. The van der Waals surface area contributed by atoms with Gasteiger partial charge in [0.25, 0.3) is 5.69 Å². The molecule has 1 aromatic rings. The van der Waals surface area contributed by atoms with E-state index in [1.54, 1.807) is 0 Å². The van der Waals surface area contributed by atoms with Gasteiger partial charge >= 0.3 is 0 Å². The molecule has 0 saturated heterocycles. The molecular weight excluding hydrogens is 189 g/mol. The Bertz CT molecular complexity index is 376. The van der Waals surface area contributed by atoms with Crippen molar-refractivity contribution >= 4 is 5.69 Å². The molecule has 4 nitrogen and oxygen atoms in total. The first-order valence-electron chi connectivity index (χ1n) is 4.27. The summed E-state index contributed by atoms with van der Waals surface area (Å²) in [6.07, 6.45) is 1.98. The molecule has 1 fully saturated rings. The summed E-state index contributed by atoms with van der Waals surface area (Å²) in [7, 11) is 0. The highest BCUT2D eigenvalue weighted by atomic mass is 19.1. The number of rotatable bonds is 3.